The van der Waals surface area contributed by atoms with Crippen LogP contribution in [0, 0.1) is 0 Å². The molecule has 4 nitrogen and oxygen atoms in total. The highest BCUT2D eigenvalue weighted by molar-refractivity contribution is 5.21. The third-order valence-corrected chi connectivity index (χ3v) is 3.46. The molecule has 0 unspecified atom stereocenters. The molecule has 2 aromatic rings. The van der Waals surface area contributed by atoms with E-state index in [9.17, 15) is 0 Å². The number of benzene rings is 1. The van der Waals surface area contributed by atoms with Gasteiger partial charge in [-0.2, -0.15) is 0 Å². The van der Waals surface area contributed by atoms with Gasteiger partial charge in [-0.15, -0.1) is 5.10 Å². The SMILES string of the molecule is CCCCCCCCn1cc(COc2ccccc2)nn1. The van der Waals surface area contributed by atoms with E-state index in [0.29, 0.717) is 6.61 Å². The minimum absolute atomic E-state index is 0.473. The minimum atomic E-state index is 0.473. The molecule has 0 saturated heterocycles. The average molecular weight is 287 g/mol. The molecule has 1 heterocycles. The Morgan fingerprint density at radius 1 is 1.00 bits per heavy atom. The van der Waals surface area contributed by atoms with Crippen LogP contribution in [-0.4, -0.2) is 15.0 Å². The van der Waals surface area contributed by atoms with Gasteiger partial charge in [0.15, 0.2) is 0 Å². The third kappa shape index (κ3) is 5.98. The average Bonchev–Trinajstić information content (AvgIpc) is 2.98. The summed E-state index contributed by atoms with van der Waals surface area (Å²) in [4.78, 5) is 0. The summed E-state index contributed by atoms with van der Waals surface area (Å²) < 4.78 is 7.58. The van der Waals surface area contributed by atoms with Crippen molar-refractivity contribution in [2.75, 3.05) is 0 Å². The van der Waals surface area contributed by atoms with E-state index >= 15 is 0 Å². The normalized spacial score (nSPS) is 10.7. The van der Waals surface area contributed by atoms with E-state index in [0.717, 1.165) is 18.0 Å². The van der Waals surface area contributed by atoms with Crippen molar-refractivity contribution in [2.24, 2.45) is 0 Å². The fourth-order valence-electron chi connectivity index (χ4n) is 2.24. The summed E-state index contributed by atoms with van der Waals surface area (Å²) in [7, 11) is 0. The van der Waals surface area contributed by atoms with Crippen molar-refractivity contribution in [3.63, 3.8) is 0 Å². The number of rotatable bonds is 10. The van der Waals surface area contributed by atoms with E-state index in [4.69, 9.17) is 4.74 Å². The van der Waals surface area contributed by atoms with Gasteiger partial charge in [0.2, 0.25) is 0 Å². The van der Waals surface area contributed by atoms with Crippen LogP contribution in [0.2, 0.25) is 0 Å². The van der Waals surface area contributed by atoms with Crippen LogP contribution in [0.4, 0.5) is 0 Å². The summed E-state index contributed by atoms with van der Waals surface area (Å²) in [6.45, 7) is 3.67. The molecule has 0 N–H and O–H groups in total. The molecule has 0 saturated carbocycles. The van der Waals surface area contributed by atoms with Crippen LogP contribution in [-0.2, 0) is 13.2 Å². The Morgan fingerprint density at radius 2 is 1.76 bits per heavy atom. The molecule has 0 aliphatic rings. The van der Waals surface area contributed by atoms with Gasteiger partial charge < -0.3 is 4.74 Å². The van der Waals surface area contributed by atoms with Gasteiger partial charge in [0, 0.05) is 6.54 Å². The number of nitrogens with zero attached hydrogens (tertiary/aromatic N) is 3. The lowest BCUT2D eigenvalue weighted by Gasteiger charge is -2.02. The van der Waals surface area contributed by atoms with Gasteiger partial charge in [0.05, 0.1) is 6.20 Å². The summed E-state index contributed by atoms with van der Waals surface area (Å²) >= 11 is 0. The van der Waals surface area contributed by atoms with Gasteiger partial charge in [-0.1, -0.05) is 62.4 Å². The number of para-hydroxylation sites is 1. The van der Waals surface area contributed by atoms with Gasteiger partial charge in [-0.05, 0) is 18.6 Å². The zero-order chi connectivity index (χ0) is 14.8. The predicted octanol–water partition coefficient (Wildman–Crippen LogP) is 4.22. The smallest absolute Gasteiger partial charge is 0.134 e. The van der Waals surface area contributed by atoms with Crippen molar-refractivity contribution >= 4 is 0 Å². The molecule has 21 heavy (non-hydrogen) atoms. The molecule has 0 bridgehead atoms. The highest BCUT2D eigenvalue weighted by Crippen LogP contribution is 2.10. The van der Waals surface area contributed by atoms with Crippen LogP contribution >= 0.6 is 0 Å². The summed E-state index contributed by atoms with van der Waals surface area (Å²) in [6, 6.07) is 9.79. The number of unbranched alkanes of at least 4 members (excludes halogenated alkanes) is 5. The first kappa shape index (κ1) is 15.5. The lowest BCUT2D eigenvalue weighted by molar-refractivity contribution is 0.301. The van der Waals surface area contributed by atoms with E-state index in [-0.39, 0.29) is 0 Å². The summed E-state index contributed by atoms with van der Waals surface area (Å²) in [5, 5.41) is 8.30. The van der Waals surface area contributed by atoms with Crippen LogP contribution in [0.3, 0.4) is 0 Å². The zero-order valence-corrected chi connectivity index (χ0v) is 12.9. The topological polar surface area (TPSA) is 39.9 Å². The molecule has 0 fully saturated rings. The Bertz CT molecular complexity index is 496. The first-order valence-electron chi connectivity index (χ1n) is 7.95. The Hall–Kier alpha value is -1.84. The van der Waals surface area contributed by atoms with E-state index < -0.39 is 0 Å². The second-order valence-corrected chi connectivity index (χ2v) is 5.34. The maximum absolute atomic E-state index is 5.66. The fourth-order valence-corrected chi connectivity index (χ4v) is 2.24. The number of ether oxygens (including phenoxy) is 1. The first-order valence-corrected chi connectivity index (χ1v) is 7.95. The zero-order valence-electron chi connectivity index (χ0n) is 12.9. The molecule has 1 aromatic heterocycles. The fraction of sp³-hybridized carbons (Fsp3) is 0.529. The quantitative estimate of drug-likeness (QED) is 0.614. The molecular formula is C17H25N3O. The van der Waals surface area contributed by atoms with Crippen LogP contribution in [0.5, 0.6) is 5.75 Å². The van der Waals surface area contributed by atoms with Gasteiger partial charge in [0.1, 0.15) is 18.1 Å². The molecule has 0 spiro atoms. The van der Waals surface area contributed by atoms with Crippen molar-refractivity contribution in [2.45, 2.75) is 58.6 Å². The van der Waals surface area contributed by atoms with Crippen molar-refractivity contribution in [3.8, 4) is 5.75 Å². The van der Waals surface area contributed by atoms with Crippen LogP contribution in [0.15, 0.2) is 36.5 Å². The summed E-state index contributed by atoms with van der Waals surface area (Å²) in [5.74, 6) is 0.864. The van der Waals surface area contributed by atoms with Gasteiger partial charge >= 0.3 is 0 Å². The van der Waals surface area contributed by atoms with E-state index in [1.165, 1.54) is 38.5 Å². The maximum Gasteiger partial charge on any atom is 0.134 e. The van der Waals surface area contributed by atoms with E-state index in [2.05, 4.69) is 17.2 Å². The van der Waals surface area contributed by atoms with Crippen LogP contribution < -0.4 is 4.74 Å². The molecule has 0 radical (unpaired) electrons. The second-order valence-electron chi connectivity index (χ2n) is 5.34. The Morgan fingerprint density at radius 3 is 2.57 bits per heavy atom. The Kier molecular flexibility index (Phi) is 6.78. The van der Waals surface area contributed by atoms with Gasteiger partial charge in [-0.25, -0.2) is 0 Å². The van der Waals surface area contributed by atoms with Gasteiger partial charge in [-0.3, -0.25) is 4.68 Å². The highest BCUT2D eigenvalue weighted by atomic mass is 16.5. The van der Waals surface area contributed by atoms with Crippen LogP contribution in [0.1, 0.15) is 51.1 Å². The molecule has 0 aliphatic carbocycles. The lowest BCUT2D eigenvalue weighted by atomic mass is 10.1. The highest BCUT2D eigenvalue weighted by Gasteiger charge is 2.02. The first-order chi connectivity index (χ1) is 10.4. The molecule has 114 valence electrons. The van der Waals surface area contributed by atoms with E-state index in [1.807, 2.05) is 41.2 Å². The molecule has 0 atom stereocenters. The van der Waals surface area contributed by atoms with E-state index in [1.54, 1.807) is 0 Å². The maximum atomic E-state index is 5.66. The monoisotopic (exact) mass is 287 g/mol. The second kappa shape index (κ2) is 9.16. The number of hydrogen-bond acceptors (Lipinski definition) is 3. The van der Waals surface area contributed by atoms with Crippen LogP contribution in [0.25, 0.3) is 0 Å². The molecule has 4 heteroatoms. The number of hydrogen-bond donors (Lipinski definition) is 0. The standard InChI is InChI=1S/C17H25N3O/c1-2-3-4-5-6-10-13-20-14-16(18-19-20)15-21-17-11-8-7-9-12-17/h7-9,11-12,14H,2-6,10,13,15H2,1H3. The lowest BCUT2D eigenvalue weighted by Crippen LogP contribution is -1.98. The molecule has 0 amide bonds. The largest absolute Gasteiger partial charge is 0.487 e. The molecule has 2 rings (SSSR count). The molecule has 0 aliphatic heterocycles. The van der Waals surface area contributed by atoms with Crippen molar-refractivity contribution in [1.29, 1.82) is 0 Å². The van der Waals surface area contributed by atoms with Crippen molar-refractivity contribution < 1.29 is 4.74 Å². The predicted molar refractivity (Wildman–Crippen MR) is 84.2 cm³/mol. The summed E-state index contributed by atoms with van der Waals surface area (Å²) in [5.41, 5.74) is 0.879. The third-order valence-electron chi connectivity index (χ3n) is 3.46. The van der Waals surface area contributed by atoms with Crippen molar-refractivity contribution in [1.82, 2.24) is 15.0 Å². The number of aromatic nitrogens is 3. The molecule has 1 aromatic carbocycles. The summed E-state index contributed by atoms with van der Waals surface area (Å²) in [6.07, 6.45) is 9.76. The minimum Gasteiger partial charge on any atom is -0.487 e. The Balaban J connectivity index is 1.64. The Labute approximate surface area is 127 Å². The van der Waals surface area contributed by atoms with Crippen molar-refractivity contribution in [3.05, 3.63) is 42.2 Å². The molecular weight excluding hydrogens is 262 g/mol. The van der Waals surface area contributed by atoms with Gasteiger partial charge in [0.25, 0.3) is 0 Å². The number of aryl methyl sites for hydroxylation is 1.